The van der Waals surface area contributed by atoms with Gasteiger partial charge in [-0.25, -0.2) is 0 Å². The summed E-state index contributed by atoms with van der Waals surface area (Å²) in [4.78, 5) is 37.9. The van der Waals surface area contributed by atoms with Crippen molar-refractivity contribution in [3.63, 3.8) is 0 Å². The van der Waals surface area contributed by atoms with Gasteiger partial charge in [-0.1, -0.05) is 12.1 Å². The van der Waals surface area contributed by atoms with Crippen molar-refractivity contribution >= 4 is 29.1 Å². The number of carbonyl (C=O) groups is 3. The number of nitrogens with one attached hydrogen (secondary N) is 1. The molecule has 7 nitrogen and oxygen atoms in total. The van der Waals surface area contributed by atoms with Crippen LogP contribution in [0.4, 0.5) is 11.4 Å². The van der Waals surface area contributed by atoms with Gasteiger partial charge in [-0.05, 0) is 49.7 Å². The number of imide groups is 1. The molecule has 2 aromatic rings. The zero-order valence-corrected chi connectivity index (χ0v) is 15.4. The van der Waals surface area contributed by atoms with Crippen molar-refractivity contribution in [2.45, 2.75) is 38.4 Å². The third-order valence-corrected chi connectivity index (χ3v) is 4.77. The topological polar surface area (TPSA) is 84.9 Å². The number of nitrogens with zero attached hydrogens (tertiary/aromatic N) is 1. The first-order valence-electron chi connectivity index (χ1n) is 9.22. The molecule has 0 aliphatic carbocycles. The molecule has 4 rings (SSSR count). The van der Waals surface area contributed by atoms with Crippen LogP contribution in [0.5, 0.6) is 11.5 Å². The van der Waals surface area contributed by atoms with Gasteiger partial charge < -0.3 is 14.8 Å². The van der Waals surface area contributed by atoms with Crippen molar-refractivity contribution in [3.8, 4) is 11.5 Å². The number of piperidine rings is 1. The highest BCUT2D eigenvalue weighted by Crippen LogP contribution is 2.33. The Hall–Kier alpha value is -3.35. The number of rotatable bonds is 3. The first-order chi connectivity index (χ1) is 13.5. The number of benzene rings is 2. The molecule has 0 aromatic heterocycles. The van der Waals surface area contributed by atoms with E-state index in [9.17, 15) is 14.4 Å². The lowest BCUT2D eigenvalue weighted by atomic mass is 10.1. The molecule has 2 aromatic carbocycles. The molecular weight excluding hydrogens is 360 g/mol. The molecule has 3 amide bonds. The molecule has 2 aliphatic rings. The van der Waals surface area contributed by atoms with E-state index in [1.165, 1.54) is 4.90 Å². The molecule has 0 unspecified atom stereocenters. The maximum Gasteiger partial charge on any atom is 0.269 e. The molecule has 0 bridgehead atoms. The Morgan fingerprint density at radius 3 is 2.21 bits per heavy atom. The highest BCUT2D eigenvalue weighted by molar-refractivity contribution is 6.16. The predicted molar refractivity (Wildman–Crippen MR) is 102 cm³/mol. The van der Waals surface area contributed by atoms with Crippen molar-refractivity contribution < 1.29 is 23.9 Å². The summed E-state index contributed by atoms with van der Waals surface area (Å²) in [6.45, 7) is 1.77. The Balaban J connectivity index is 1.45. The molecule has 2 heterocycles. The Bertz CT molecular complexity index is 909. The van der Waals surface area contributed by atoms with Crippen LogP contribution in [0.3, 0.4) is 0 Å². The van der Waals surface area contributed by atoms with E-state index in [1.54, 1.807) is 43.3 Å². The number of fused-ring (bicyclic) bond motifs is 1. The molecule has 7 heteroatoms. The minimum Gasteiger partial charge on any atom is -0.482 e. The summed E-state index contributed by atoms with van der Waals surface area (Å²) in [6, 6.07) is 13.8. The first-order valence-corrected chi connectivity index (χ1v) is 9.22. The molecule has 2 aliphatic heterocycles. The van der Waals surface area contributed by atoms with Crippen LogP contribution in [0, 0.1) is 0 Å². The molecular formula is C21H20N2O5. The van der Waals surface area contributed by atoms with Gasteiger partial charge in [0.1, 0.15) is 6.10 Å². The van der Waals surface area contributed by atoms with E-state index in [-0.39, 0.29) is 17.7 Å². The van der Waals surface area contributed by atoms with Crippen LogP contribution in [0.1, 0.15) is 26.2 Å². The second kappa shape index (κ2) is 7.34. The van der Waals surface area contributed by atoms with Gasteiger partial charge in [0, 0.05) is 18.5 Å². The van der Waals surface area contributed by atoms with Gasteiger partial charge in [0.2, 0.25) is 17.9 Å². The maximum atomic E-state index is 12.6. The molecule has 1 fully saturated rings. The summed E-state index contributed by atoms with van der Waals surface area (Å²) in [6.07, 6.45) is 0.0794. The fourth-order valence-electron chi connectivity index (χ4n) is 3.35. The lowest BCUT2D eigenvalue weighted by molar-refractivity contribution is -0.129. The minimum absolute atomic E-state index is 0.201. The van der Waals surface area contributed by atoms with Crippen molar-refractivity contribution in [1.29, 1.82) is 0 Å². The van der Waals surface area contributed by atoms with Crippen molar-refractivity contribution in [1.82, 2.24) is 0 Å². The number of carbonyl (C=O) groups excluding carboxylic acids is 3. The quantitative estimate of drug-likeness (QED) is 0.828. The van der Waals surface area contributed by atoms with E-state index in [1.807, 2.05) is 12.1 Å². The highest BCUT2D eigenvalue weighted by atomic mass is 16.6. The number of ether oxygens (including phenoxy) is 2. The zero-order valence-electron chi connectivity index (χ0n) is 15.4. The van der Waals surface area contributed by atoms with E-state index in [0.717, 1.165) is 0 Å². The second-order valence-electron chi connectivity index (χ2n) is 6.82. The Morgan fingerprint density at radius 1 is 0.964 bits per heavy atom. The maximum absolute atomic E-state index is 12.6. The molecule has 28 heavy (non-hydrogen) atoms. The number of amides is 3. The molecule has 1 N–H and O–H groups in total. The van der Waals surface area contributed by atoms with Crippen molar-refractivity contribution in [2.75, 3.05) is 10.2 Å². The van der Waals surface area contributed by atoms with E-state index < -0.39 is 12.2 Å². The number of hydrogen-bond acceptors (Lipinski definition) is 5. The van der Waals surface area contributed by atoms with Gasteiger partial charge in [0.05, 0.1) is 5.69 Å². The van der Waals surface area contributed by atoms with E-state index in [0.29, 0.717) is 42.1 Å². The second-order valence-corrected chi connectivity index (χ2v) is 6.82. The van der Waals surface area contributed by atoms with Crippen LogP contribution in [-0.4, -0.2) is 29.9 Å². The van der Waals surface area contributed by atoms with Crippen LogP contribution in [-0.2, 0) is 14.4 Å². The smallest absolute Gasteiger partial charge is 0.269 e. The summed E-state index contributed by atoms with van der Waals surface area (Å²) >= 11 is 0. The normalized spacial score (nSPS) is 21.4. The van der Waals surface area contributed by atoms with E-state index in [4.69, 9.17) is 9.47 Å². The Morgan fingerprint density at radius 2 is 1.57 bits per heavy atom. The third kappa shape index (κ3) is 3.43. The lowest BCUT2D eigenvalue weighted by Gasteiger charge is -2.31. The van der Waals surface area contributed by atoms with Crippen LogP contribution >= 0.6 is 0 Å². The van der Waals surface area contributed by atoms with Crippen LogP contribution < -0.4 is 19.7 Å². The molecule has 0 saturated carbocycles. The minimum atomic E-state index is -0.792. The third-order valence-electron chi connectivity index (χ3n) is 4.77. The summed E-state index contributed by atoms with van der Waals surface area (Å²) < 4.78 is 11.5. The Labute approximate surface area is 162 Å². The number of hydrogen-bond donors (Lipinski definition) is 1. The SMILES string of the molecule is C[C@H]1Oc2ccccc2O[C@H]1C(=O)Nc1ccc(N2C(=O)CCCC2=O)cc1. The fraction of sp³-hybridized carbons (Fsp3) is 0.286. The lowest BCUT2D eigenvalue weighted by Crippen LogP contribution is -2.46. The molecule has 0 radical (unpaired) electrons. The average Bonchev–Trinajstić information content (AvgIpc) is 2.68. The van der Waals surface area contributed by atoms with Crippen LogP contribution in [0.25, 0.3) is 0 Å². The van der Waals surface area contributed by atoms with Gasteiger partial charge >= 0.3 is 0 Å². The highest BCUT2D eigenvalue weighted by Gasteiger charge is 2.34. The summed E-state index contributed by atoms with van der Waals surface area (Å²) in [5.74, 6) is 0.402. The largest absolute Gasteiger partial charge is 0.482 e. The van der Waals surface area contributed by atoms with Gasteiger partial charge in [0.25, 0.3) is 5.91 Å². The van der Waals surface area contributed by atoms with Crippen LogP contribution in [0.2, 0.25) is 0 Å². The van der Waals surface area contributed by atoms with Crippen LogP contribution in [0.15, 0.2) is 48.5 Å². The standard InChI is InChI=1S/C21H20N2O5/c1-13-20(28-17-6-3-2-5-16(17)27-13)21(26)22-14-9-11-15(12-10-14)23-18(24)7-4-8-19(23)25/h2-3,5-6,9-13,20H,4,7-8H2,1H3,(H,22,26)/t13-,20-/m1/s1. The van der Waals surface area contributed by atoms with Crippen molar-refractivity contribution in [3.05, 3.63) is 48.5 Å². The van der Waals surface area contributed by atoms with Crippen molar-refractivity contribution in [2.24, 2.45) is 0 Å². The zero-order chi connectivity index (χ0) is 19.7. The van der Waals surface area contributed by atoms with Gasteiger partial charge in [-0.3, -0.25) is 19.3 Å². The average molecular weight is 380 g/mol. The molecule has 1 saturated heterocycles. The molecule has 2 atom stereocenters. The predicted octanol–water partition coefficient (Wildman–Crippen LogP) is 2.90. The number of anilines is 2. The summed E-state index contributed by atoms with van der Waals surface area (Å²) in [7, 11) is 0. The summed E-state index contributed by atoms with van der Waals surface area (Å²) in [5, 5.41) is 2.79. The van der Waals surface area contributed by atoms with E-state index in [2.05, 4.69) is 5.32 Å². The van der Waals surface area contributed by atoms with E-state index >= 15 is 0 Å². The summed E-state index contributed by atoms with van der Waals surface area (Å²) in [5.41, 5.74) is 1.05. The first kappa shape index (κ1) is 18.0. The van der Waals surface area contributed by atoms with Gasteiger partial charge in [-0.2, -0.15) is 0 Å². The van der Waals surface area contributed by atoms with Gasteiger partial charge in [-0.15, -0.1) is 0 Å². The number of para-hydroxylation sites is 2. The Kier molecular flexibility index (Phi) is 4.73. The monoisotopic (exact) mass is 380 g/mol. The van der Waals surface area contributed by atoms with Gasteiger partial charge in [0.15, 0.2) is 11.5 Å². The molecule has 144 valence electrons. The molecule has 0 spiro atoms. The fourth-order valence-corrected chi connectivity index (χ4v) is 3.35.